The van der Waals surface area contributed by atoms with Crippen LogP contribution in [0, 0.1) is 59.2 Å². The summed E-state index contributed by atoms with van der Waals surface area (Å²) in [6, 6.07) is 0. The monoisotopic (exact) mass is 208 g/mol. The lowest BCUT2D eigenvalue weighted by Crippen LogP contribution is -2.11. The van der Waals surface area contributed by atoms with Gasteiger partial charge in [0, 0.05) is 11.8 Å². The molecule has 0 amide bonds. The SMILES string of the molecule is CC#CC#CC1CCC(C#CC#CC)CC1. The zero-order valence-corrected chi connectivity index (χ0v) is 9.98. The Bertz CT molecular complexity index is 397. The van der Waals surface area contributed by atoms with Gasteiger partial charge in [-0.15, -0.1) is 0 Å². The minimum absolute atomic E-state index is 0.524. The van der Waals surface area contributed by atoms with Gasteiger partial charge in [-0.25, -0.2) is 0 Å². The molecule has 16 heavy (non-hydrogen) atoms. The molecule has 0 spiro atoms. The Balaban J connectivity index is 2.39. The standard InChI is InChI=1S/C16H16/c1-3-5-7-9-15-11-13-16(14-12-15)10-8-6-4-2/h15-16H,11-14H2,1-2H3. The predicted octanol–water partition coefficient (Wildman–Crippen LogP) is 2.85. The summed E-state index contributed by atoms with van der Waals surface area (Å²) in [4.78, 5) is 0. The third-order valence-corrected chi connectivity index (χ3v) is 2.65. The smallest absolute Gasteiger partial charge is 0.0214 e. The van der Waals surface area contributed by atoms with Crippen molar-refractivity contribution in [3.05, 3.63) is 0 Å². The zero-order valence-electron chi connectivity index (χ0n) is 9.98. The quantitative estimate of drug-likeness (QED) is 0.537. The van der Waals surface area contributed by atoms with E-state index in [1.165, 1.54) is 0 Å². The summed E-state index contributed by atoms with van der Waals surface area (Å²) < 4.78 is 0. The summed E-state index contributed by atoms with van der Waals surface area (Å²) in [5.41, 5.74) is 0. The van der Waals surface area contributed by atoms with Crippen molar-refractivity contribution >= 4 is 0 Å². The summed E-state index contributed by atoms with van der Waals surface area (Å²) in [7, 11) is 0. The van der Waals surface area contributed by atoms with Gasteiger partial charge >= 0.3 is 0 Å². The molecule has 1 saturated carbocycles. The maximum absolute atomic E-state index is 3.21. The van der Waals surface area contributed by atoms with E-state index in [1.54, 1.807) is 0 Å². The van der Waals surface area contributed by atoms with E-state index in [1.807, 2.05) is 13.8 Å². The Labute approximate surface area is 99.2 Å². The van der Waals surface area contributed by atoms with E-state index in [2.05, 4.69) is 47.4 Å². The Morgan fingerprint density at radius 3 is 1.31 bits per heavy atom. The summed E-state index contributed by atoms with van der Waals surface area (Å²) in [5.74, 6) is 24.4. The molecule has 0 aliphatic heterocycles. The maximum Gasteiger partial charge on any atom is 0.0214 e. The molecule has 0 heteroatoms. The lowest BCUT2D eigenvalue weighted by molar-refractivity contribution is 0.373. The number of rotatable bonds is 0. The molecule has 0 atom stereocenters. The van der Waals surface area contributed by atoms with Crippen LogP contribution in [0.5, 0.6) is 0 Å². The molecule has 0 aromatic carbocycles. The van der Waals surface area contributed by atoms with E-state index in [9.17, 15) is 0 Å². The summed E-state index contributed by atoms with van der Waals surface area (Å²) in [6.07, 6.45) is 4.60. The van der Waals surface area contributed by atoms with E-state index >= 15 is 0 Å². The molecule has 1 aliphatic rings. The second kappa shape index (κ2) is 7.52. The summed E-state index contributed by atoms with van der Waals surface area (Å²) in [5, 5.41) is 0. The van der Waals surface area contributed by atoms with Gasteiger partial charge in [0.15, 0.2) is 0 Å². The number of hydrogen-bond donors (Lipinski definition) is 0. The lowest BCUT2D eigenvalue weighted by Gasteiger charge is -2.21. The largest absolute Gasteiger partial charge is 0.0925 e. The van der Waals surface area contributed by atoms with Crippen LogP contribution in [-0.2, 0) is 0 Å². The molecule has 0 aromatic rings. The first kappa shape index (κ1) is 12.3. The van der Waals surface area contributed by atoms with Crippen LogP contribution in [0.4, 0.5) is 0 Å². The molecular formula is C16H16. The van der Waals surface area contributed by atoms with Gasteiger partial charge in [0.05, 0.1) is 0 Å². The molecule has 0 saturated heterocycles. The van der Waals surface area contributed by atoms with Crippen molar-refractivity contribution in [1.29, 1.82) is 0 Å². The topological polar surface area (TPSA) is 0 Å². The lowest BCUT2D eigenvalue weighted by atomic mass is 9.82. The molecule has 0 unspecified atom stereocenters. The molecular weight excluding hydrogens is 192 g/mol. The highest BCUT2D eigenvalue weighted by molar-refractivity contribution is 5.27. The van der Waals surface area contributed by atoms with Gasteiger partial charge in [-0.3, -0.25) is 0 Å². The first-order valence-corrected chi connectivity index (χ1v) is 5.71. The second-order valence-corrected chi connectivity index (χ2v) is 3.84. The third-order valence-electron chi connectivity index (χ3n) is 2.65. The van der Waals surface area contributed by atoms with Crippen molar-refractivity contribution in [2.45, 2.75) is 39.5 Å². The summed E-state index contributed by atoms with van der Waals surface area (Å²) >= 11 is 0. The van der Waals surface area contributed by atoms with E-state index in [4.69, 9.17) is 0 Å². The fraction of sp³-hybridized carbons (Fsp3) is 0.500. The highest BCUT2D eigenvalue weighted by atomic mass is 14.2. The van der Waals surface area contributed by atoms with Crippen LogP contribution in [0.1, 0.15) is 39.5 Å². The Morgan fingerprint density at radius 1 is 0.625 bits per heavy atom. The van der Waals surface area contributed by atoms with Crippen LogP contribution < -0.4 is 0 Å². The van der Waals surface area contributed by atoms with Gasteiger partial charge < -0.3 is 0 Å². The average Bonchev–Trinajstić information content (AvgIpc) is 2.32. The van der Waals surface area contributed by atoms with E-state index in [0.717, 1.165) is 25.7 Å². The Morgan fingerprint density at radius 2 is 1.00 bits per heavy atom. The van der Waals surface area contributed by atoms with Crippen LogP contribution in [-0.4, -0.2) is 0 Å². The molecule has 0 aromatic heterocycles. The van der Waals surface area contributed by atoms with Crippen LogP contribution in [0.25, 0.3) is 0 Å². The van der Waals surface area contributed by atoms with Crippen LogP contribution >= 0.6 is 0 Å². The molecule has 1 fully saturated rings. The van der Waals surface area contributed by atoms with Crippen molar-refractivity contribution in [2.24, 2.45) is 11.8 Å². The van der Waals surface area contributed by atoms with E-state index in [0.29, 0.717) is 11.8 Å². The van der Waals surface area contributed by atoms with Crippen LogP contribution in [0.3, 0.4) is 0 Å². The Kier molecular flexibility index (Phi) is 5.79. The van der Waals surface area contributed by atoms with Gasteiger partial charge in [-0.2, -0.15) is 0 Å². The van der Waals surface area contributed by atoms with Gasteiger partial charge in [0.25, 0.3) is 0 Å². The van der Waals surface area contributed by atoms with Gasteiger partial charge in [-0.1, -0.05) is 23.7 Å². The molecule has 0 radical (unpaired) electrons. The minimum Gasteiger partial charge on any atom is -0.0925 e. The first-order chi connectivity index (χ1) is 7.86. The fourth-order valence-electron chi connectivity index (χ4n) is 1.78. The molecule has 0 nitrogen and oxygen atoms in total. The predicted molar refractivity (Wildman–Crippen MR) is 67.9 cm³/mol. The van der Waals surface area contributed by atoms with Crippen molar-refractivity contribution < 1.29 is 0 Å². The molecule has 0 bridgehead atoms. The summed E-state index contributed by atoms with van der Waals surface area (Å²) in [6.45, 7) is 3.63. The van der Waals surface area contributed by atoms with Gasteiger partial charge in [-0.05, 0) is 63.2 Å². The molecule has 0 N–H and O–H groups in total. The van der Waals surface area contributed by atoms with Crippen molar-refractivity contribution in [3.8, 4) is 47.4 Å². The minimum atomic E-state index is 0.524. The van der Waals surface area contributed by atoms with Crippen molar-refractivity contribution in [3.63, 3.8) is 0 Å². The third kappa shape index (κ3) is 4.65. The molecule has 1 aliphatic carbocycles. The molecule has 0 heterocycles. The molecule has 1 rings (SSSR count). The average molecular weight is 208 g/mol. The zero-order chi connectivity index (χ0) is 11.6. The fourth-order valence-corrected chi connectivity index (χ4v) is 1.78. The van der Waals surface area contributed by atoms with Crippen molar-refractivity contribution in [2.75, 3.05) is 0 Å². The molecule has 80 valence electrons. The van der Waals surface area contributed by atoms with Crippen LogP contribution in [0.2, 0.25) is 0 Å². The number of hydrogen-bond acceptors (Lipinski definition) is 0. The van der Waals surface area contributed by atoms with E-state index < -0.39 is 0 Å². The Hall–Kier alpha value is -1.76. The van der Waals surface area contributed by atoms with Gasteiger partial charge in [0.1, 0.15) is 0 Å². The normalized spacial score (nSPS) is 21.9. The van der Waals surface area contributed by atoms with Crippen molar-refractivity contribution in [1.82, 2.24) is 0 Å². The highest BCUT2D eigenvalue weighted by Gasteiger charge is 2.17. The second-order valence-electron chi connectivity index (χ2n) is 3.84. The first-order valence-electron chi connectivity index (χ1n) is 5.71. The van der Waals surface area contributed by atoms with Crippen LogP contribution in [0.15, 0.2) is 0 Å². The highest BCUT2D eigenvalue weighted by Crippen LogP contribution is 2.27. The van der Waals surface area contributed by atoms with Gasteiger partial charge in [0.2, 0.25) is 0 Å². The van der Waals surface area contributed by atoms with E-state index in [-0.39, 0.29) is 0 Å². The maximum atomic E-state index is 3.21.